The molecule has 0 unspecified atom stereocenters. The van der Waals surface area contributed by atoms with Crippen LogP contribution in [0.25, 0.3) is 0 Å². The minimum atomic E-state index is -4.57. The van der Waals surface area contributed by atoms with Crippen molar-refractivity contribution in [2.75, 3.05) is 5.32 Å². The maximum Gasteiger partial charge on any atom is 0.416 e. The number of rotatable bonds is 5. The Balaban J connectivity index is 0.000000356. The number of benzene rings is 2. The van der Waals surface area contributed by atoms with Crippen molar-refractivity contribution in [2.24, 2.45) is 5.73 Å². The van der Waals surface area contributed by atoms with Crippen molar-refractivity contribution in [3.05, 3.63) is 114 Å². The maximum atomic E-state index is 13.7. The van der Waals surface area contributed by atoms with E-state index in [2.05, 4.69) is 15.3 Å². The first kappa shape index (κ1) is 26.7. The lowest BCUT2D eigenvalue weighted by molar-refractivity contribution is -0.137. The Morgan fingerprint density at radius 3 is 2.24 bits per heavy atom. The summed E-state index contributed by atoms with van der Waals surface area (Å²) in [5.41, 5.74) is 3.86. The van der Waals surface area contributed by atoms with Crippen molar-refractivity contribution in [3.63, 3.8) is 0 Å². The van der Waals surface area contributed by atoms with Crippen LogP contribution in [0.3, 0.4) is 0 Å². The zero-order chi connectivity index (χ0) is 27.0. The first-order valence-electron chi connectivity index (χ1n) is 10.3. The first-order chi connectivity index (χ1) is 17.5. The number of hydrogen-bond donors (Lipinski definition) is 2. The number of ether oxygens (including phenoxy) is 1. The van der Waals surface area contributed by atoms with E-state index in [1.807, 2.05) is 0 Å². The summed E-state index contributed by atoms with van der Waals surface area (Å²) in [7, 11) is 0. The van der Waals surface area contributed by atoms with Gasteiger partial charge >= 0.3 is 6.18 Å². The van der Waals surface area contributed by atoms with Gasteiger partial charge in [-0.1, -0.05) is 12.1 Å². The molecule has 190 valence electrons. The third-order valence-electron chi connectivity index (χ3n) is 4.49. The molecule has 12 heteroatoms. The van der Waals surface area contributed by atoms with Crippen molar-refractivity contribution in [1.82, 2.24) is 9.97 Å². The summed E-state index contributed by atoms with van der Waals surface area (Å²) in [6.45, 7) is 0. The summed E-state index contributed by atoms with van der Waals surface area (Å²) >= 11 is 0. The van der Waals surface area contributed by atoms with Gasteiger partial charge in [0.15, 0.2) is 0 Å². The molecule has 0 spiro atoms. The van der Waals surface area contributed by atoms with Crippen molar-refractivity contribution in [3.8, 4) is 11.6 Å². The van der Waals surface area contributed by atoms with Crippen LogP contribution in [0.15, 0.2) is 85.2 Å². The number of primary amides is 1. The van der Waals surface area contributed by atoms with Crippen molar-refractivity contribution in [2.45, 2.75) is 6.18 Å². The highest BCUT2D eigenvalue weighted by molar-refractivity contribution is 6.05. The van der Waals surface area contributed by atoms with Crippen LogP contribution in [-0.4, -0.2) is 21.8 Å². The van der Waals surface area contributed by atoms with Gasteiger partial charge in [-0.25, -0.2) is 13.8 Å². The number of aromatic nitrogens is 2. The van der Waals surface area contributed by atoms with Gasteiger partial charge in [0.05, 0.1) is 11.3 Å². The highest BCUT2D eigenvalue weighted by atomic mass is 19.4. The number of alkyl halides is 3. The molecule has 0 aliphatic rings. The van der Waals surface area contributed by atoms with Crippen molar-refractivity contribution < 1.29 is 36.3 Å². The van der Waals surface area contributed by atoms with Gasteiger partial charge in [0.25, 0.3) is 11.8 Å². The zero-order valence-electron chi connectivity index (χ0n) is 18.7. The number of nitrogens with two attached hydrogens (primary N) is 1. The summed E-state index contributed by atoms with van der Waals surface area (Å²) in [5, 5.41) is 2.23. The lowest BCUT2D eigenvalue weighted by Gasteiger charge is -2.12. The van der Waals surface area contributed by atoms with Crippen molar-refractivity contribution in [1.29, 1.82) is 0 Å². The van der Waals surface area contributed by atoms with Gasteiger partial charge in [0.2, 0.25) is 5.88 Å². The smallest absolute Gasteiger partial charge is 0.416 e. The van der Waals surface area contributed by atoms with Crippen LogP contribution in [0.2, 0.25) is 0 Å². The van der Waals surface area contributed by atoms with Gasteiger partial charge in [-0.15, -0.1) is 0 Å². The normalized spacial score (nSPS) is 10.6. The predicted molar refractivity (Wildman–Crippen MR) is 123 cm³/mol. The highest BCUT2D eigenvalue weighted by Gasteiger charge is 2.30. The number of nitrogens with zero attached hydrogens (tertiary/aromatic N) is 2. The molecule has 2 aromatic heterocycles. The van der Waals surface area contributed by atoms with E-state index in [0.717, 1.165) is 30.3 Å². The van der Waals surface area contributed by atoms with Crippen LogP contribution in [0, 0.1) is 11.6 Å². The van der Waals surface area contributed by atoms with Gasteiger partial charge in [-0.05, 0) is 54.6 Å². The maximum absolute atomic E-state index is 13.7. The van der Waals surface area contributed by atoms with Crippen LogP contribution in [-0.2, 0) is 6.18 Å². The van der Waals surface area contributed by atoms with E-state index in [1.165, 1.54) is 30.6 Å². The molecule has 2 aromatic carbocycles. The molecule has 4 aromatic rings. The minimum absolute atomic E-state index is 0.149. The second kappa shape index (κ2) is 11.7. The fourth-order valence-electron chi connectivity index (χ4n) is 2.78. The number of halogens is 5. The molecule has 0 aliphatic heterocycles. The van der Waals surface area contributed by atoms with Gasteiger partial charge in [0.1, 0.15) is 28.6 Å². The Hall–Kier alpha value is -4.87. The van der Waals surface area contributed by atoms with Gasteiger partial charge in [-0.3, -0.25) is 14.6 Å². The first-order valence-corrected chi connectivity index (χ1v) is 10.3. The summed E-state index contributed by atoms with van der Waals surface area (Å²) in [6, 6.07) is 14.4. The SMILES string of the molecule is NC(=O)c1ccccn1.O=C(Nc1ccc(F)cc1F)c1cccnc1Oc1cccc(C(F)(F)F)c1. The summed E-state index contributed by atoms with van der Waals surface area (Å²) in [4.78, 5) is 30.3. The fourth-order valence-corrected chi connectivity index (χ4v) is 2.78. The molecule has 0 atom stereocenters. The molecule has 0 radical (unpaired) electrons. The van der Waals surface area contributed by atoms with E-state index in [1.54, 1.807) is 18.2 Å². The molecule has 0 saturated carbocycles. The number of amides is 2. The Labute approximate surface area is 206 Å². The largest absolute Gasteiger partial charge is 0.438 e. The minimum Gasteiger partial charge on any atom is -0.438 e. The summed E-state index contributed by atoms with van der Waals surface area (Å²) in [6.07, 6.45) is -1.76. The predicted octanol–water partition coefficient (Wildman–Crippen LogP) is 5.60. The zero-order valence-corrected chi connectivity index (χ0v) is 18.7. The second-order valence-electron chi connectivity index (χ2n) is 7.14. The fraction of sp³-hybridized carbons (Fsp3) is 0.0400. The number of carbonyl (C=O) groups is 2. The van der Waals surface area contributed by atoms with E-state index in [-0.39, 0.29) is 22.9 Å². The Morgan fingerprint density at radius 2 is 1.62 bits per heavy atom. The van der Waals surface area contributed by atoms with Gasteiger partial charge < -0.3 is 15.8 Å². The Bertz CT molecular complexity index is 1400. The molecule has 0 saturated heterocycles. The molecule has 2 heterocycles. The number of anilines is 1. The van der Waals surface area contributed by atoms with Crippen LogP contribution in [0.1, 0.15) is 26.4 Å². The molecule has 7 nitrogen and oxygen atoms in total. The molecular formula is C25H17F5N4O3. The monoisotopic (exact) mass is 516 g/mol. The van der Waals surface area contributed by atoms with E-state index in [4.69, 9.17) is 10.5 Å². The van der Waals surface area contributed by atoms with Crippen LogP contribution >= 0.6 is 0 Å². The van der Waals surface area contributed by atoms with Crippen LogP contribution in [0.4, 0.5) is 27.6 Å². The average molecular weight is 516 g/mol. The quantitative estimate of drug-likeness (QED) is 0.336. The summed E-state index contributed by atoms with van der Waals surface area (Å²) in [5.74, 6) is -3.59. The molecule has 0 bridgehead atoms. The molecular weight excluding hydrogens is 499 g/mol. The van der Waals surface area contributed by atoms with Crippen LogP contribution < -0.4 is 15.8 Å². The number of nitrogens with one attached hydrogen (secondary N) is 1. The van der Waals surface area contributed by atoms with Crippen LogP contribution in [0.5, 0.6) is 11.6 Å². The Kier molecular flexibility index (Phi) is 8.46. The summed E-state index contributed by atoms with van der Waals surface area (Å²) < 4.78 is 70.5. The molecule has 37 heavy (non-hydrogen) atoms. The van der Waals surface area contributed by atoms with Gasteiger partial charge in [-0.2, -0.15) is 13.2 Å². The standard InChI is InChI=1S/C19H11F5N2O2.C6H6N2O/c20-12-6-7-16(15(21)10-12)26-17(27)14-5-2-8-25-18(14)28-13-4-1-3-11(9-13)19(22,23)24;7-6(9)5-3-1-2-4-8-5/h1-10H,(H,26,27);1-4H,(H2,7,9). The number of hydrogen-bond acceptors (Lipinski definition) is 5. The molecule has 2 amide bonds. The number of carbonyl (C=O) groups excluding carboxylic acids is 2. The van der Waals surface area contributed by atoms with E-state index >= 15 is 0 Å². The molecule has 0 aliphatic carbocycles. The lowest BCUT2D eigenvalue weighted by atomic mass is 10.2. The third-order valence-corrected chi connectivity index (χ3v) is 4.49. The van der Waals surface area contributed by atoms with E-state index in [9.17, 15) is 31.5 Å². The van der Waals surface area contributed by atoms with Gasteiger partial charge in [0, 0.05) is 18.5 Å². The average Bonchev–Trinajstić information content (AvgIpc) is 2.86. The van der Waals surface area contributed by atoms with E-state index in [0.29, 0.717) is 11.8 Å². The van der Waals surface area contributed by atoms with E-state index < -0.39 is 35.2 Å². The third kappa shape index (κ3) is 7.56. The topological polar surface area (TPSA) is 107 Å². The number of pyridine rings is 2. The molecule has 0 fully saturated rings. The second-order valence-corrected chi connectivity index (χ2v) is 7.14. The Morgan fingerprint density at radius 1 is 0.865 bits per heavy atom. The molecule has 4 rings (SSSR count). The van der Waals surface area contributed by atoms with Crippen molar-refractivity contribution >= 4 is 17.5 Å². The lowest BCUT2D eigenvalue weighted by Crippen LogP contribution is -2.14. The molecule has 3 N–H and O–H groups in total. The highest BCUT2D eigenvalue weighted by Crippen LogP contribution is 2.33.